The van der Waals surface area contributed by atoms with Gasteiger partial charge in [0.25, 0.3) is 0 Å². The van der Waals surface area contributed by atoms with Crippen LogP contribution in [0.3, 0.4) is 0 Å². The summed E-state index contributed by atoms with van der Waals surface area (Å²) in [6, 6.07) is 47.9. The number of aromatic nitrogens is 2. The third-order valence-electron chi connectivity index (χ3n) is 7.58. The molecule has 0 fully saturated rings. The number of benzene rings is 6. The minimum absolute atomic E-state index is 1.01. The molecule has 0 saturated heterocycles. The molecule has 0 aliphatic rings. The summed E-state index contributed by atoms with van der Waals surface area (Å²) >= 11 is 0. The Labute approximate surface area is 214 Å². The molecule has 8 aromatic rings. The number of imidazole rings is 1. The average Bonchev–Trinajstić information content (AvgIpc) is 3.37. The van der Waals surface area contributed by atoms with Crippen LogP contribution in [0.15, 0.2) is 133 Å². The van der Waals surface area contributed by atoms with E-state index in [1.165, 1.54) is 54.7 Å². The summed E-state index contributed by atoms with van der Waals surface area (Å²) in [4.78, 5) is 5.03. The first-order valence-corrected chi connectivity index (χ1v) is 12.7. The second-order valence-electron chi connectivity index (χ2n) is 9.64. The average molecular weight is 471 g/mol. The normalized spacial score (nSPS) is 11.8. The molecule has 0 bridgehead atoms. The molecule has 2 aromatic heterocycles. The zero-order valence-corrected chi connectivity index (χ0v) is 20.1. The lowest BCUT2D eigenvalue weighted by Crippen LogP contribution is -1.91. The van der Waals surface area contributed by atoms with Gasteiger partial charge in [-0.15, -0.1) is 0 Å². The Hall–Kier alpha value is -4.95. The van der Waals surface area contributed by atoms with Gasteiger partial charge in [0.15, 0.2) is 0 Å². The van der Waals surface area contributed by atoms with E-state index in [-0.39, 0.29) is 0 Å². The lowest BCUT2D eigenvalue weighted by molar-refractivity contribution is 1.31. The number of hydrogen-bond acceptors (Lipinski definition) is 1. The Kier molecular flexibility index (Phi) is 4.26. The van der Waals surface area contributed by atoms with Crippen molar-refractivity contribution in [3.8, 4) is 22.3 Å². The van der Waals surface area contributed by atoms with Gasteiger partial charge in [0.1, 0.15) is 5.65 Å². The second kappa shape index (κ2) is 7.78. The smallest absolute Gasteiger partial charge is 0.146 e. The number of nitrogens with zero attached hydrogens (tertiary/aromatic N) is 2. The van der Waals surface area contributed by atoms with Crippen molar-refractivity contribution in [2.45, 2.75) is 0 Å². The Morgan fingerprint density at radius 1 is 0.432 bits per heavy atom. The van der Waals surface area contributed by atoms with Crippen LogP contribution in [0.1, 0.15) is 0 Å². The van der Waals surface area contributed by atoms with Crippen molar-refractivity contribution in [3.63, 3.8) is 0 Å². The quantitative estimate of drug-likeness (QED) is 0.230. The van der Waals surface area contributed by atoms with Crippen molar-refractivity contribution < 1.29 is 0 Å². The highest BCUT2D eigenvalue weighted by Crippen LogP contribution is 2.36. The van der Waals surface area contributed by atoms with E-state index < -0.39 is 0 Å². The van der Waals surface area contributed by atoms with Gasteiger partial charge in [0.05, 0.1) is 16.6 Å². The predicted octanol–water partition coefficient (Wildman–Crippen LogP) is 9.28. The van der Waals surface area contributed by atoms with Crippen LogP contribution in [0.4, 0.5) is 0 Å². The van der Waals surface area contributed by atoms with Crippen LogP contribution in [-0.4, -0.2) is 9.38 Å². The SMILES string of the molecule is c1ccc2c(-c3ccc(-c4ccc5c(c4)c4ccccc4n4c6ccccc6nc54)cc3)cccc2c1. The van der Waals surface area contributed by atoms with E-state index in [0.29, 0.717) is 0 Å². The monoisotopic (exact) mass is 470 g/mol. The van der Waals surface area contributed by atoms with E-state index in [2.05, 4.69) is 138 Å². The van der Waals surface area contributed by atoms with Gasteiger partial charge >= 0.3 is 0 Å². The van der Waals surface area contributed by atoms with E-state index in [9.17, 15) is 0 Å². The van der Waals surface area contributed by atoms with Gasteiger partial charge < -0.3 is 0 Å². The summed E-state index contributed by atoms with van der Waals surface area (Å²) in [5.41, 5.74) is 9.28. The standard InChI is InChI=1S/C35H22N2/c1-2-10-27-24(8-1)9-7-12-28(27)25-18-16-23(17-19-25)26-20-21-30-31(22-26)29-11-3-5-14-33(29)37-34-15-6-4-13-32(34)36-35(30)37/h1-22H. The fourth-order valence-corrected chi connectivity index (χ4v) is 5.81. The number of rotatable bonds is 2. The Balaban J connectivity index is 1.32. The van der Waals surface area contributed by atoms with Crippen LogP contribution < -0.4 is 0 Å². The van der Waals surface area contributed by atoms with Gasteiger partial charge in [-0.3, -0.25) is 4.40 Å². The number of para-hydroxylation sites is 3. The minimum Gasteiger partial charge on any atom is -0.292 e. The van der Waals surface area contributed by atoms with Crippen LogP contribution in [0.25, 0.3) is 71.4 Å². The summed E-state index contributed by atoms with van der Waals surface area (Å²) in [7, 11) is 0. The molecule has 2 heteroatoms. The first kappa shape index (κ1) is 20.3. The maximum absolute atomic E-state index is 5.03. The molecular weight excluding hydrogens is 448 g/mol. The topological polar surface area (TPSA) is 17.3 Å². The number of fused-ring (bicyclic) bond motifs is 9. The van der Waals surface area contributed by atoms with Gasteiger partial charge in [-0.1, -0.05) is 103 Å². The Morgan fingerprint density at radius 3 is 2.00 bits per heavy atom. The molecule has 0 aliphatic carbocycles. The maximum Gasteiger partial charge on any atom is 0.146 e. The zero-order chi connectivity index (χ0) is 24.3. The van der Waals surface area contributed by atoms with Gasteiger partial charge in [-0.25, -0.2) is 4.98 Å². The predicted molar refractivity (Wildman–Crippen MR) is 156 cm³/mol. The molecule has 2 heterocycles. The fourth-order valence-electron chi connectivity index (χ4n) is 5.81. The fraction of sp³-hybridized carbons (Fsp3) is 0. The second-order valence-corrected chi connectivity index (χ2v) is 9.64. The summed E-state index contributed by atoms with van der Waals surface area (Å²) in [5, 5.41) is 6.19. The summed E-state index contributed by atoms with van der Waals surface area (Å²) in [6.45, 7) is 0. The molecule has 2 nitrogen and oxygen atoms in total. The lowest BCUT2D eigenvalue weighted by atomic mass is 9.95. The van der Waals surface area contributed by atoms with Crippen LogP contribution in [0, 0.1) is 0 Å². The van der Waals surface area contributed by atoms with Crippen molar-refractivity contribution in [2.24, 2.45) is 0 Å². The zero-order valence-electron chi connectivity index (χ0n) is 20.1. The highest BCUT2D eigenvalue weighted by molar-refractivity contribution is 6.14. The maximum atomic E-state index is 5.03. The molecule has 0 aliphatic heterocycles. The number of hydrogen-bond donors (Lipinski definition) is 0. The third-order valence-corrected chi connectivity index (χ3v) is 7.58. The molecule has 6 aromatic carbocycles. The highest BCUT2D eigenvalue weighted by Gasteiger charge is 2.14. The Morgan fingerprint density at radius 2 is 1.11 bits per heavy atom. The molecule has 0 saturated carbocycles. The van der Waals surface area contributed by atoms with E-state index >= 15 is 0 Å². The molecule has 172 valence electrons. The van der Waals surface area contributed by atoms with Gasteiger partial charge in [-0.05, 0) is 68.7 Å². The molecule has 0 amide bonds. The first-order chi connectivity index (χ1) is 18.3. The molecule has 0 atom stereocenters. The van der Waals surface area contributed by atoms with Crippen molar-refractivity contribution in [1.29, 1.82) is 0 Å². The summed E-state index contributed by atoms with van der Waals surface area (Å²) in [6.07, 6.45) is 0. The van der Waals surface area contributed by atoms with Crippen LogP contribution in [0.2, 0.25) is 0 Å². The number of pyridine rings is 1. The molecule has 0 N–H and O–H groups in total. The molecule has 8 rings (SSSR count). The molecule has 0 unspecified atom stereocenters. The van der Waals surface area contributed by atoms with Crippen LogP contribution >= 0.6 is 0 Å². The third kappa shape index (κ3) is 3.03. The van der Waals surface area contributed by atoms with E-state index in [0.717, 1.165) is 16.7 Å². The van der Waals surface area contributed by atoms with Crippen molar-refractivity contribution in [3.05, 3.63) is 133 Å². The van der Waals surface area contributed by atoms with E-state index in [1.54, 1.807) is 0 Å². The van der Waals surface area contributed by atoms with Gasteiger partial charge in [0.2, 0.25) is 0 Å². The van der Waals surface area contributed by atoms with Gasteiger partial charge in [-0.2, -0.15) is 0 Å². The summed E-state index contributed by atoms with van der Waals surface area (Å²) < 4.78 is 2.30. The van der Waals surface area contributed by atoms with E-state index in [4.69, 9.17) is 4.98 Å². The Bertz CT molecular complexity index is 2130. The molecular formula is C35H22N2. The largest absolute Gasteiger partial charge is 0.292 e. The molecule has 37 heavy (non-hydrogen) atoms. The molecule has 0 radical (unpaired) electrons. The lowest BCUT2D eigenvalue weighted by Gasteiger charge is -2.12. The minimum atomic E-state index is 1.01. The van der Waals surface area contributed by atoms with Crippen molar-refractivity contribution in [2.75, 3.05) is 0 Å². The van der Waals surface area contributed by atoms with Gasteiger partial charge in [0, 0.05) is 10.8 Å². The van der Waals surface area contributed by atoms with Crippen molar-refractivity contribution >= 4 is 49.1 Å². The van der Waals surface area contributed by atoms with Crippen molar-refractivity contribution in [1.82, 2.24) is 9.38 Å². The molecule has 0 spiro atoms. The van der Waals surface area contributed by atoms with E-state index in [1.807, 2.05) is 0 Å². The van der Waals surface area contributed by atoms with Crippen LogP contribution in [-0.2, 0) is 0 Å². The van der Waals surface area contributed by atoms with Crippen LogP contribution in [0.5, 0.6) is 0 Å². The highest BCUT2D eigenvalue weighted by atomic mass is 15.0. The first-order valence-electron chi connectivity index (χ1n) is 12.7. The summed E-state index contributed by atoms with van der Waals surface area (Å²) in [5.74, 6) is 0.